The van der Waals surface area contributed by atoms with E-state index in [2.05, 4.69) is 22.5 Å². The van der Waals surface area contributed by atoms with Gasteiger partial charge >= 0.3 is 6.03 Å². The number of urea groups is 1. The Kier molecular flexibility index (Phi) is 6.46. The number of aryl methyl sites for hydroxylation is 2. The molecule has 6 nitrogen and oxygen atoms in total. The first-order valence-electron chi connectivity index (χ1n) is 8.92. The van der Waals surface area contributed by atoms with Crippen LogP contribution in [0.2, 0.25) is 0 Å². The summed E-state index contributed by atoms with van der Waals surface area (Å²) < 4.78 is 11.3. The SMILES string of the molecule is Cc1nc(CCNC(=O)Nc2ccc(OC[C@H]3CCCO3)cc2)sc1C. The van der Waals surface area contributed by atoms with Gasteiger partial charge in [0.05, 0.1) is 16.8 Å². The molecule has 0 unspecified atom stereocenters. The standard InChI is InChI=1S/C19H25N3O3S/c1-13-14(2)26-18(21-13)9-10-20-19(23)22-15-5-7-16(8-6-15)25-12-17-4-3-11-24-17/h5-8,17H,3-4,9-12H2,1-2H3,(H2,20,22,23)/t17-/m1/s1. The summed E-state index contributed by atoms with van der Waals surface area (Å²) in [6.07, 6.45) is 3.10. The minimum absolute atomic E-state index is 0.198. The molecule has 2 aromatic rings. The maximum Gasteiger partial charge on any atom is 0.319 e. The number of carbonyl (C=O) groups is 1. The molecule has 26 heavy (non-hydrogen) atoms. The van der Waals surface area contributed by atoms with Gasteiger partial charge in [0.15, 0.2) is 0 Å². The van der Waals surface area contributed by atoms with Crippen molar-refractivity contribution in [2.45, 2.75) is 39.2 Å². The highest BCUT2D eigenvalue weighted by Gasteiger charge is 2.15. The number of amides is 2. The molecule has 0 aliphatic carbocycles. The summed E-state index contributed by atoms with van der Waals surface area (Å²) in [5, 5.41) is 6.73. The molecule has 1 fully saturated rings. The molecule has 2 heterocycles. The van der Waals surface area contributed by atoms with Crippen molar-refractivity contribution in [3.63, 3.8) is 0 Å². The third kappa shape index (κ3) is 5.44. The number of ether oxygens (including phenoxy) is 2. The Labute approximate surface area is 157 Å². The summed E-state index contributed by atoms with van der Waals surface area (Å²) in [6.45, 7) is 6.02. The summed E-state index contributed by atoms with van der Waals surface area (Å²) in [6, 6.07) is 7.15. The number of thiazole rings is 1. The van der Waals surface area contributed by atoms with E-state index in [1.807, 2.05) is 31.2 Å². The summed E-state index contributed by atoms with van der Waals surface area (Å²) >= 11 is 1.68. The number of aromatic nitrogens is 1. The lowest BCUT2D eigenvalue weighted by Gasteiger charge is -2.12. The van der Waals surface area contributed by atoms with Crippen LogP contribution < -0.4 is 15.4 Å². The number of benzene rings is 1. The maximum absolute atomic E-state index is 12.0. The van der Waals surface area contributed by atoms with Crippen LogP contribution in [0.25, 0.3) is 0 Å². The van der Waals surface area contributed by atoms with Crippen molar-refractivity contribution in [1.29, 1.82) is 0 Å². The monoisotopic (exact) mass is 375 g/mol. The number of nitrogens with zero attached hydrogens (tertiary/aromatic N) is 1. The fourth-order valence-electron chi connectivity index (χ4n) is 2.70. The van der Waals surface area contributed by atoms with E-state index < -0.39 is 0 Å². The summed E-state index contributed by atoms with van der Waals surface area (Å²) in [4.78, 5) is 17.7. The Morgan fingerprint density at radius 2 is 2.15 bits per heavy atom. The van der Waals surface area contributed by atoms with Crippen LogP contribution in [0.3, 0.4) is 0 Å². The Balaban J connectivity index is 1.38. The molecule has 1 saturated heterocycles. The van der Waals surface area contributed by atoms with Crippen LogP contribution in [0.5, 0.6) is 5.75 Å². The first-order chi connectivity index (χ1) is 12.6. The van der Waals surface area contributed by atoms with Crippen LogP contribution in [-0.2, 0) is 11.2 Å². The average Bonchev–Trinajstić information content (AvgIpc) is 3.24. The van der Waals surface area contributed by atoms with Crippen molar-refractivity contribution in [2.24, 2.45) is 0 Å². The fraction of sp³-hybridized carbons (Fsp3) is 0.474. The third-order valence-electron chi connectivity index (χ3n) is 4.27. The van der Waals surface area contributed by atoms with Crippen LogP contribution >= 0.6 is 11.3 Å². The van der Waals surface area contributed by atoms with Gasteiger partial charge in [-0.3, -0.25) is 0 Å². The number of nitrogens with one attached hydrogen (secondary N) is 2. The van der Waals surface area contributed by atoms with Crippen LogP contribution in [0.15, 0.2) is 24.3 Å². The van der Waals surface area contributed by atoms with Crippen molar-refractivity contribution in [2.75, 3.05) is 25.1 Å². The van der Waals surface area contributed by atoms with Gasteiger partial charge < -0.3 is 20.1 Å². The highest BCUT2D eigenvalue weighted by molar-refractivity contribution is 7.11. The van der Waals surface area contributed by atoms with Gasteiger partial charge in [0.1, 0.15) is 12.4 Å². The van der Waals surface area contributed by atoms with Crippen molar-refractivity contribution >= 4 is 23.1 Å². The molecule has 140 valence electrons. The summed E-state index contributed by atoms with van der Waals surface area (Å²) in [5.41, 5.74) is 1.80. The van der Waals surface area contributed by atoms with E-state index in [1.165, 1.54) is 4.88 Å². The van der Waals surface area contributed by atoms with Crippen molar-refractivity contribution in [3.8, 4) is 5.75 Å². The second-order valence-electron chi connectivity index (χ2n) is 6.35. The minimum atomic E-state index is -0.219. The highest BCUT2D eigenvalue weighted by Crippen LogP contribution is 2.19. The molecule has 0 saturated carbocycles. The molecule has 0 bridgehead atoms. The second-order valence-corrected chi connectivity index (χ2v) is 7.64. The highest BCUT2D eigenvalue weighted by atomic mass is 32.1. The largest absolute Gasteiger partial charge is 0.491 e. The van der Waals surface area contributed by atoms with Crippen LogP contribution in [0.1, 0.15) is 28.4 Å². The number of carbonyl (C=O) groups excluding carboxylic acids is 1. The van der Waals surface area contributed by atoms with E-state index in [1.54, 1.807) is 11.3 Å². The van der Waals surface area contributed by atoms with Crippen LogP contribution in [0.4, 0.5) is 10.5 Å². The maximum atomic E-state index is 12.0. The van der Waals surface area contributed by atoms with Crippen molar-refractivity contribution in [1.82, 2.24) is 10.3 Å². The molecule has 1 aromatic heterocycles. The third-order valence-corrected chi connectivity index (χ3v) is 5.40. The van der Waals surface area contributed by atoms with Gasteiger partial charge in [0.2, 0.25) is 0 Å². The molecular formula is C19H25N3O3S. The van der Waals surface area contributed by atoms with Crippen molar-refractivity contribution in [3.05, 3.63) is 39.8 Å². The quantitative estimate of drug-likeness (QED) is 0.774. The molecule has 1 aliphatic rings. The average molecular weight is 375 g/mol. The molecule has 2 amide bonds. The molecule has 3 rings (SSSR count). The van der Waals surface area contributed by atoms with Gasteiger partial charge in [0.25, 0.3) is 0 Å². The van der Waals surface area contributed by atoms with E-state index in [0.717, 1.165) is 48.0 Å². The van der Waals surface area contributed by atoms with Gasteiger partial charge in [-0.2, -0.15) is 0 Å². The van der Waals surface area contributed by atoms with Crippen molar-refractivity contribution < 1.29 is 14.3 Å². The zero-order valence-corrected chi connectivity index (χ0v) is 16.0. The Morgan fingerprint density at radius 1 is 1.35 bits per heavy atom. The normalized spacial score (nSPS) is 16.5. The fourth-order valence-corrected chi connectivity index (χ4v) is 3.64. The summed E-state index contributed by atoms with van der Waals surface area (Å²) in [5.74, 6) is 0.779. The van der Waals surface area contributed by atoms with Gasteiger partial charge in [-0.15, -0.1) is 11.3 Å². The lowest BCUT2D eigenvalue weighted by atomic mass is 10.2. The Bertz CT molecular complexity index is 705. The number of hydrogen-bond donors (Lipinski definition) is 2. The zero-order valence-electron chi connectivity index (χ0n) is 15.2. The zero-order chi connectivity index (χ0) is 18.4. The molecule has 0 spiro atoms. The Hall–Kier alpha value is -2.12. The molecule has 1 aliphatic heterocycles. The topological polar surface area (TPSA) is 72.5 Å². The number of rotatable bonds is 7. The molecule has 2 N–H and O–H groups in total. The molecule has 1 atom stereocenters. The van der Waals surface area contributed by atoms with Gasteiger partial charge in [-0.05, 0) is 51.0 Å². The predicted molar refractivity (Wildman–Crippen MR) is 103 cm³/mol. The molecule has 1 aromatic carbocycles. The predicted octanol–water partition coefficient (Wildman–Crippen LogP) is 3.68. The van der Waals surface area contributed by atoms with Crippen LogP contribution in [0, 0.1) is 13.8 Å². The second kappa shape index (κ2) is 9.00. The van der Waals surface area contributed by atoms with E-state index in [4.69, 9.17) is 9.47 Å². The molecule has 0 radical (unpaired) electrons. The van der Waals surface area contributed by atoms with Gasteiger partial charge in [-0.25, -0.2) is 9.78 Å². The minimum Gasteiger partial charge on any atom is -0.491 e. The molecular weight excluding hydrogens is 350 g/mol. The number of anilines is 1. The summed E-state index contributed by atoms with van der Waals surface area (Å²) in [7, 11) is 0. The van der Waals surface area contributed by atoms with Gasteiger partial charge in [0, 0.05) is 30.1 Å². The van der Waals surface area contributed by atoms with E-state index in [9.17, 15) is 4.79 Å². The number of hydrogen-bond acceptors (Lipinski definition) is 5. The lowest BCUT2D eigenvalue weighted by molar-refractivity contribution is 0.0679. The first kappa shape index (κ1) is 18.7. The first-order valence-corrected chi connectivity index (χ1v) is 9.74. The Morgan fingerprint density at radius 3 is 2.81 bits per heavy atom. The van der Waals surface area contributed by atoms with E-state index >= 15 is 0 Å². The lowest BCUT2D eigenvalue weighted by Crippen LogP contribution is -2.30. The van der Waals surface area contributed by atoms with E-state index in [-0.39, 0.29) is 12.1 Å². The smallest absolute Gasteiger partial charge is 0.319 e. The van der Waals surface area contributed by atoms with E-state index in [0.29, 0.717) is 13.2 Å². The van der Waals surface area contributed by atoms with Gasteiger partial charge in [-0.1, -0.05) is 0 Å². The molecule has 7 heteroatoms. The van der Waals surface area contributed by atoms with Crippen LogP contribution in [-0.4, -0.2) is 36.9 Å².